The number of likely N-dealkylation sites (tertiary alicyclic amines) is 2. The number of hydrogen-bond acceptors (Lipinski definition) is 3. The van der Waals surface area contributed by atoms with Gasteiger partial charge in [-0.05, 0) is 62.9 Å². The molecule has 1 aromatic rings. The highest BCUT2D eigenvalue weighted by Gasteiger charge is 2.29. The van der Waals surface area contributed by atoms with E-state index in [1.807, 2.05) is 12.1 Å². The summed E-state index contributed by atoms with van der Waals surface area (Å²) < 4.78 is 5.19. The Morgan fingerprint density at radius 3 is 2.35 bits per heavy atom. The Kier molecular flexibility index (Phi) is 5.55. The van der Waals surface area contributed by atoms with E-state index >= 15 is 0 Å². The summed E-state index contributed by atoms with van der Waals surface area (Å²) >= 11 is 0. The van der Waals surface area contributed by atoms with Crippen molar-refractivity contribution in [2.75, 3.05) is 39.8 Å². The van der Waals surface area contributed by atoms with Crippen molar-refractivity contribution >= 4 is 5.91 Å². The molecule has 4 nitrogen and oxygen atoms in total. The van der Waals surface area contributed by atoms with Gasteiger partial charge in [0.25, 0.3) is 0 Å². The number of methoxy groups -OCH3 is 1. The zero-order chi connectivity index (χ0) is 16.1. The van der Waals surface area contributed by atoms with E-state index in [9.17, 15) is 4.79 Å². The Balaban J connectivity index is 1.41. The molecule has 0 bridgehead atoms. The number of carbonyl (C=O) groups is 1. The summed E-state index contributed by atoms with van der Waals surface area (Å²) in [6.07, 6.45) is 5.49. The fourth-order valence-corrected chi connectivity index (χ4v) is 3.68. The molecule has 0 unspecified atom stereocenters. The van der Waals surface area contributed by atoms with Gasteiger partial charge in [-0.2, -0.15) is 0 Å². The van der Waals surface area contributed by atoms with Crippen LogP contribution in [0.3, 0.4) is 0 Å². The van der Waals surface area contributed by atoms with Crippen molar-refractivity contribution in [2.24, 2.45) is 5.92 Å². The van der Waals surface area contributed by atoms with Crippen molar-refractivity contribution < 1.29 is 9.53 Å². The lowest BCUT2D eigenvalue weighted by Gasteiger charge is -2.33. The third-order valence-electron chi connectivity index (χ3n) is 5.23. The topological polar surface area (TPSA) is 32.8 Å². The molecule has 126 valence electrons. The number of piperidine rings is 1. The molecule has 4 heteroatoms. The average Bonchev–Trinajstić information content (AvgIpc) is 3.15. The first-order valence-corrected chi connectivity index (χ1v) is 8.90. The van der Waals surface area contributed by atoms with Gasteiger partial charge in [0.2, 0.25) is 5.91 Å². The Bertz CT molecular complexity index is 501. The van der Waals surface area contributed by atoms with Crippen LogP contribution in [0.1, 0.15) is 31.2 Å². The van der Waals surface area contributed by atoms with E-state index in [2.05, 4.69) is 21.9 Å². The number of benzene rings is 1. The average molecular weight is 316 g/mol. The summed E-state index contributed by atoms with van der Waals surface area (Å²) in [6, 6.07) is 8.33. The molecule has 2 aliphatic heterocycles. The molecule has 3 rings (SSSR count). The molecule has 2 heterocycles. The van der Waals surface area contributed by atoms with Gasteiger partial charge in [-0.3, -0.25) is 4.79 Å². The van der Waals surface area contributed by atoms with Crippen molar-refractivity contribution in [3.8, 4) is 5.75 Å². The molecule has 0 aliphatic carbocycles. The minimum atomic E-state index is 0.269. The van der Waals surface area contributed by atoms with E-state index < -0.39 is 0 Å². The molecule has 2 fully saturated rings. The summed E-state index contributed by atoms with van der Waals surface area (Å²) in [5, 5.41) is 0. The second kappa shape index (κ2) is 7.82. The fraction of sp³-hybridized carbons (Fsp3) is 0.632. The number of ether oxygens (including phenoxy) is 1. The van der Waals surface area contributed by atoms with Crippen LogP contribution < -0.4 is 4.74 Å². The van der Waals surface area contributed by atoms with Crippen LogP contribution in [-0.4, -0.2) is 55.5 Å². The quantitative estimate of drug-likeness (QED) is 0.837. The van der Waals surface area contributed by atoms with Gasteiger partial charge in [-0.15, -0.1) is 0 Å². The number of nitrogens with zero attached hydrogens (tertiary/aromatic N) is 2. The van der Waals surface area contributed by atoms with Gasteiger partial charge < -0.3 is 14.5 Å². The summed E-state index contributed by atoms with van der Waals surface area (Å²) in [5.41, 5.74) is 1.35. The number of hydrogen-bond donors (Lipinski definition) is 0. The SMILES string of the molecule is COc1ccc(CCN2CCC(C(=O)N3CCCC3)CC2)cc1. The highest BCUT2D eigenvalue weighted by atomic mass is 16.5. The Morgan fingerprint density at radius 2 is 1.74 bits per heavy atom. The maximum absolute atomic E-state index is 12.4. The lowest BCUT2D eigenvalue weighted by Crippen LogP contribution is -2.42. The van der Waals surface area contributed by atoms with Crippen LogP contribution in [-0.2, 0) is 11.2 Å². The monoisotopic (exact) mass is 316 g/mol. The number of carbonyl (C=O) groups excluding carboxylic acids is 1. The predicted molar refractivity (Wildman–Crippen MR) is 91.7 cm³/mol. The van der Waals surface area contributed by atoms with Crippen LogP contribution in [0.25, 0.3) is 0 Å². The first kappa shape index (κ1) is 16.3. The van der Waals surface area contributed by atoms with E-state index in [1.165, 1.54) is 18.4 Å². The molecule has 2 saturated heterocycles. The van der Waals surface area contributed by atoms with Crippen LogP contribution in [0.2, 0.25) is 0 Å². The standard InChI is InChI=1S/C19H28N2O2/c1-23-18-6-4-16(5-7-18)8-13-20-14-9-17(10-15-20)19(22)21-11-2-3-12-21/h4-7,17H,2-3,8-15H2,1H3. The van der Waals surface area contributed by atoms with E-state index in [-0.39, 0.29) is 5.92 Å². The number of rotatable bonds is 5. The van der Waals surface area contributed by atoms with Crippen LogP contribution in [0.4, 0.5) is 0 Å². The highest BCUT2D eigenvalue weighted by Crippen LogP contribution is 2.22. The normalized spacial score (nSPS) is 20.0. The Labute approximate surface area is 139 Å². The van der Waals surface area contributed by atoms with Gasteiger partial charge in [-0.1, -0.05) is 12.1 Å². The first-order chi connectivity index (χ1) is 11.3. The fourth-order valence-electron chi connectivity index (χ4n) is 3.68. The summed E-state index contributed by atoms with van der Waals surface area (Å²) in [4.78, 5) is 17.0. The van der Waals surface area contributed by atoms with Crippen LogP contribution >= 0.6 is 0 Å². The zero-order valence-electron chi connectivity index (χ0n) is 14.2. The second-order valence-corrected chi connectivity index (χ2v) is 6.75. The lowest BCUT2D eigenvalue weighted by molar-refractivity contribution is -0.135. The molecule has 0 saturated carbocycles. The lowest BCUT2D eigenvalue weighted by atomic mass is 9.95. The van der Waals surface area contributed by atoms with Crippen molar-refractivity contribution in [2.45, 2.75) is 32.1 Å². The summed E-state index contributed by atoms with van der Waals surface area (Å²) in [5.74, 6) is 1.60. The van der Waals surface area contributed by atoms with Gasteiger partial charge in [0.05, 0.1) is 7.11 Å². The van der Waals surface area contributed by atoms with Crippen molar-refractivity contribution in [3.63, 3.8) is 0 Å². The van der Waals surface area contributed by atoms with Gasteiger partial charge in [0.15, 0.2) is 0 Å². The van der Waals surface area contributed by atoms with E-state index in [0.717, 1.165) is 57.7 Å². The summed E-state index contributed by atoms with van der Waals surface area (Å²) in [6.45, 7) is 5.16. The first-order valence-electron chi connectivity index (χ1n) is 8.90. The van der Waals surface area contributed by atoms with Crippen LogP contribution in [0.5, 0.6) is 5.75 Å². The van der Waals surface area contributed by atoms with Gasteiger partial charge in [-0.25, -0.2) is 0 Å². The maximum Gasteiger partial charge on any atom is 0.225 e. The third-order valence-corrected chi connectivity index (χ3v) is 5.23. The molecule has 0 N–H and O–H groups in total. The van der Waals surface area contributed by atoms with Gasteiger partial charge >= 0.3 is 0 Å². The molecule has 0 atom stereocenters. The molecular formula is C19H28N2O2. The zero-order valence-corrected chi connectivity index (χ0v) is 14.2. The third kappa shape index (κ3) is 4.25. The smallest absolute Gasteiger partial charge is 0.225 e. The van der Waals surface area contributed by atoms with Crippen molar-refractivity contribution in [3.05, 3.63) is 29.8 Å². The molecule has 1 amide bonds. The van der Waals surface area contributed by atoms with Crippen LogP contribution in [0.15, 0.2) is 24.3 Å². The molecule has 1 aromatic carbocycles. The molecule has 23 heavy (non-hydrogen) atoms. The molecule has 0 radical (unpaired) electrons. The van der Waals surface area contributed by atoms with Crippen molar-refractivity contribution in [1.82, 2.24) is 9.80 Å². The molecule has 0 spiro atoms. The number of amides is 1. The minimum absolute atomic E-state index is 0.269. The van der Waals surface area contributed by atoms with Gasteiger partial charge in [0.1, 0.15) is 5.75 Å². The summed E-state index contributed by atoms with van der Waals surface area (Å²) in [7, 11) is 1.70. The Morgan fingerprint density at radius 1 is 1.09 bits per heavy atom. The van der Waals surface area contributed by atoms with Crippen LogP contribution in [0, 0.1) is 5.92 Å². The van der Waals surface area contributed by atoms with E-state index in [4.69, 9.17) is 4.74 Å². The second-order valence-electron chi connectivity index (χ2n) is 6.75. The molecule has 2 aliphatic rings. The van der Waals surface area contributed by atoms with E-state index in [0.29, 0.717) is 5.91 Å². The Hall–Kier alpha value is -1.55. The predicted octanol–water partition coefficient (Wildman–Crippen LogP) is 2.57. The largest absolute Gasteiger partial charge is 0.497 e. The molecule has 0 aromatic heterocycles. The molecular weight excluding hydrogens is 288 g/mol. The maximum atomic E-state index is 12.4. The van der Waals surface area contributed by atoms with Crippen molar-refractivity contribution in [1.29, 1.82) is 0 Å². The highest BCUT2D eigenvalue weighted by molar-refractivity contribution is 5.79. The van der Waals surface area contributed by atoms with E-state index in [1.54, 1.807) is 7.11 Å². The minimum Gasteiger partial charge on any atom is -0.497 e. The van der Waals surface area contributed by atoms with Gasteiger partial charge in [0, 0.05) is 25.6 Å².